The number of benzene rings is 1. The summed E-state index contributed by atoms with van der Waals surface area (Å²) in [5, 5.41) is 0.889. The van der Waals surface area contributed by atoms with Crippen LogP contribution in [0.25, 0.3) is 10.9 Å². The van der Waals surface area contributed by atoms with Crippen molar-refractivity contribution < 1.29 is 13.2 Å². The van der Waals surface area contributed by atoms with Crippen LogP contribution in [0.4, 0.5) is 19.0 Å². The van der Waals surface area contributed by atoms with Crippen molar-refractivity contribution in [2.45, 2.75) is 30.9 Å². The number of hydrogen-bond donors (Lipinski definition) is 0. The van der Waals surface area contributed by atoms with Crippen LogP contribution in [0.3, 0.4) is 0 Å². The highest BCUT2D eigenvalue weighted by Crippen LogP contribution is 2.36. The average Bonchev–Trinajstić information content (AvgIpc) is 3.27. The molecule has 0 bridgehead atoms. The Morgan fingerprint density at radius 1 is 1.24 bits per heavy atom. The summed E-state index contributed by atoms with van der Waals surface area (Å²) in [6.07, 6.45) is -2.71. The maximum absolute atomic E-state index is 12.8. The quantitative estimate of drug-likeness (QED) is 0.772. The van der Waals surface area contributed by atoms with Crippen LogP contribution in [0.15, 0.2) is 30.3 Å². The number of alkyl halides is 4. The van der Waals surface area contributed by atoms with Crippen molar-refractivity contribution >= 4 is 28.3 Å². The zero-order chi connectivity index (χ0) is 15.0. The van der Waals surface area contributed by atoms with Gasteiger partial charge in [-0.15, -0.1) is 11.6 Å². The first kappa shape index (κ1) is 14.4. The van der Waals surface area contributed by atoms with Crippen molar-refractivity contribution in [1.29, 1.82) is 0 Å². The maximum Gasteiger partial charge on any atom is 0.405 e. The van der Waals surface area contributed by atoms with Gasteiger partial charge in [0.25, 0.3) is 0 Å². The Bertz CT molecular complexity index is 653. The number of para-hydroxylation sites is 1. The monoisotopic (exact) mass is 314 g/mol. The fourth-order valence-electron chi connectivity index (χ4n) is 2.45. The largest absolute Gasteiger partial charge is 0.405 e. The van der Waals surface area contributed by atoms with Crippen LogP contribution < -0.4 is 4.90 Å². The van der Waals surface area contributed by atoms with Gasteiger partial charge in [-0.1, -0.05) is 18.2 Å². The van der Waals surface area contributed by atoms with Crippen molar-refractivity contribution in [3.63, 3.8) is 0 Å². The van der Waals surface area contributed by atoms with Crippen molar-refractivity contribution in [2.24, 2.45) is 0 Å². The normalized spacial score (nSPS) is 15.4. The molecule has 1 saturated carbocycles. The lowest BCUT2D eigenvalue weighted by atomic mass is 10.1. The van der Waals surface area contributed by atoms with E-state index in [9.17, 15) is 13.2 Å². The van der Waals surface area contributed by atoms with Crippen LogP contribution in [0.5, 0.6) is 0 Å². The van der Waals surface area contributed by atoms with Gasteiger partial charge in [0.1, 0.15) is 12.4 Å². The zero-order valence-electron chi connectivity index (χ0n) is 11.2. The summed E-state index contributed by atoms with van der Waals surface area (Å²) in [5.74, 6) is 0.511. The Morgan fingerprint density at radius 3 is 2.57 bits per heavy atom. The fraction of sp³-hybridized carbons (Fsp3) is 0.400. The van der Waals surface area contributed by atoms with E-state index < -0.39 is 12.7 Å². The van der Waals surface area contributed by atoms with Crippen molar-refractivity contribution in [2.75, 3.05) is 11.4 Å². The van der Waals surface area contributed by atoms with Gasteiger partial charge >= 0.3 is 6.18 Å². The summed E-state index contributed by atoms with van der Waals surface area (Å²) >= 11 is 5.92. The number of nitrogens with zero attached hydrogens (tertiary/aromatic N) is 2. The highest BCUT2D eigenvalue weighted by atomic mass is 35.5. The smallest absolute Gasteiger partial charge is 0.344 e. The standard InChI is InChI=1S/C15H14ClF3N2/c16-8-11-7-10-3-1-2-4-13(10)20-14(11)21(12-5-6-12)9-15(17,18)19/h1-4,7,12H,5-6,8-9H2. The minimum absolute atomic E-state index is 0.0812. The maximum atomic E-state index is 12.8. The highest BCUT2D eigenvalue weighted by molar-refractivity contribution is 6.17. The number of halogens is 4. The Hall–Kier alpha value is -1.49. The Labute approximate surface area is 125 Å². The molecule has 112 valence electrons. The minimum Gasteiger partial charge on any atom is -0.344 e. The van der Waals surface area contributed by atoms with E-state index in [4.69, 9.17) is 11.6 Å². The number of fused-ring (bicyclic) bond motifs is 1. The predicted molar refractivity (Wildman–Crippen MR) is 77.7 cm³/mol. The predicted octanol–water partition coefficient (Wildman–Crippen LogP) is 4.50. The van der Waals surface area contributed by atoms with Gasteiger partial charge in [0.15, 0.2) is 0 Å². The number of rotatable bonds is 4. The molecule has 6 heteroatoms. The highest BCUT2D eigenvalue weighted by Gasteiger charge is 2.39. The summed E-state index contributed by atoms with van der Waals surface area (Å²) in [6.45, 7) is -0.979. The van der Waals surface area contributed by atoms with Crippen molar-refractivity contribution in [3.05, 3.63) is 35.9 Å². The number of pyridine rings is 1. The third kappa shape index (κ3) is 3.23. The topological polar surface area (TPSA) is 16.1 Å². The van der Waals surface area contributed by atoms with Gasteiger partial charge in [0.05, 0.1) is 11.4 Å². The first-order valence-corrected chi connectivity index (χ1v) is 7.29. The van der Waals surface area contributed by atoms with Crippen LogP contribution in [-0.4, -0.2) is 23.7 Å². The van der Waals surface area contributed by atoms with E-state index in [1.54, 1.807) is 6.07 Å². The van der Waals surface area contributed by atoms with Gasteiger partial charge in [-0.2, -0.15) is 13.2 Å². The second-order valence-electron chi connectivity index (χ2n) is 5.27. The molecule has 0 radical (unpaired) electrons. The molecule has 0 aliphatic heterocycles. The lowest BCUT2D eigenvalue weighted by Crippen LogP contribution is -2.37. The number of aromatic nitrogens is 1. The molecular weight excluding hydrogens is 301 g/mol. The molecule has 1 aromatic heterocycles. The fourth-order valence-corrected chi connectivity index (χ4v) is 2.65. The molecule has 0 N–H and O–H groups in total. The van der Waals surface area contributed by atoms with E-state index in [-0.39, 0.29) is 11.9 Å². The van der Waals surface area contributed by atoms with Gasteiger partial charge < -0.3 is 4.90 Å². The Balaban J connectivity index is 2.07. The molecule has 2 nitrogen and oxygen atoms in total. The molecule has 1 fully saturated rings. The summed E-state index contributed by atoms with van der Waals surface area (Å²) in [6, 6.07) is 9.13. The first-order chi connectivity index (χ1) is 9.98. The van der Waals surface area contributed by atoms with Gasteiger partial charge in [-0.25, -0.2) is 4.98 Å². The van der Waals surface area contributed by atoms with Gasteiger partial charge in [-0.3, -0.25) is 0 Å². The average molecular weight is 315 g/mol. The number of anilines is 1. The SMILES string of the molecule is FC(F)(F)CN(c1nc2ccccc2cc1CCl)C1CC1. The van der Waals surface area contributed by atoms with Crippen molar-refractivity contribution in [3.8, 4) is 0 Å². The third-order valence-electron chi connectivity index (χ3n) is 3.53. The molecule has 0 amide bonds. The number of hydrogen-bond acceptors (Lipinski definition) is 2. The molecule has 2 aromatic rings. The van der Waals surface area contributed by atoms with E-state index in [0.29, 0.717) is 16.9 Å². The Kier molecular flexibility index (Phi) is 3.69. The van der Waals surface area contributed by atoms with Gasteiger partial charge in [0.2, 0.25) is 0 Å². The molecule has 0 unspecified atom stereocenters. The lowest BCUT2D eigenvalue weighted by molar-refractivity contribution is -0.120. The first-order valence-electron chi connectivity index (χ1n) is 6.76. The molecule has 3 rings (SSSR count). The summed E-state index contributed by atoms with van der Waals surface area (Å²) in [7, 11) is 0. The molecule has 21 heavy (non-hydrogen) atoms. The van der Waals surface area contributed by atoms with E-state index >= 15 is 0 Å². The molecular formula is C15H14ClF3N2. The van der Waals surface area contributed by atoms with E-state index in [0.717, 1.165) is 18.2 Å². The molecule has 0 atom stereocenters. The molecule has 0 spiro atoms. The van der Waals surface area contributed by atoms with Crippen LogP contribution >= 0.6 is 11.6 Å². The van der Waals surface area contributed by atoms with Crippen LogP contribution in [0, 0.1) is 0 Å². The zero-order valence-corrected chi connectivity index (χ0v) is 12.0. The van der Waals surface area contributed by atoms with Crippen LogP contribution in [0.1, 0.15) is 18.4 Å². The Morgan fingerprint density at radius 2 is 1.95 bits per heavy atom. The second kappa shape index (κ2) is 5.37. The van der Waals surface area contributed by atoms with Gasteiger partial charge in [0, 0.05) is 17.0 Å². The van der Waals surface area contributed by atoms with Gasteiger partial charge in [-0.05, 0) is 25.0 Å². The third-order valence-corrected chi connectivity index (χ3v) is 3.82. The van der Waals surface area contributed by atoms with Crippen LogP contribution in [-0.2, 0) is 5.88 Å². The molecule has 0 saturated heterocycles. The minimum atomic E-state index is -4.25. The second-order valence-corrected chi connectivity index (χ2v) is 5.54. The van der Waals surface area contributed by atoms with E-state index in [1.165, 1.54) is 4.90 Å². The summed E-state index contributed by atoms with van der Waals surface area (Å²) in [4.78, 5) is 5.78. The summed E-state index contributed by atoms with van der Waals surface area (Å²) < 4.78 is 38.5. The molecule has 1 aromatic carbocycles. The van der Waals surface area contributed by atoms with Crippen molar-refractivity contribution in [1.82, 2.24) is 4.98 Å². The lowest BCUT2D eigenvalue weighted by Gasteiger charge is -2.27. The van der Waals surface area contributed by atoms with Crippen LogP contribution in [0.2, 0.25) is 0 Å². The molecule has 1 heterocycles. The summed E-state index contributed by atoms with van der Waals surface area (Å²) in [5.41, 5.74) is 1.33. The van der Waals surface area contributed by atoms with E-state index in [2.05, 4.69) is 4.98 Å². The van der Waals surface area contributed by atoms with E-state index in [1.807, 2.05) is 24.3 Å². The molecule has 1 aliphatic rings. The molecule has 1 aliphatic carbocycles.